The van der Waals surface area contributed by atoms with Gasteiger partial charge < -0.3 is 10.0 Å². The lowest BCUT2D eigenvalue weighted by molar-refractivity contribution is 0.0225. The molecule has 2 fully saturated rings. The van der Waals surface area contributed by atoms with Gasteiger partial charge in [0.1, 0.15) is 0 Å². The summed E-state index contributed by atoms with van der Waals surface area (Å²) in [5.41, 5.74) is 8.44. The molecule has 1 aromatic rings. The summed E-state index contributed by atoms with van der Waals surface area (Å²) in [4.78, 5) is 2.59. The van der Waals surface area contributed by atoms with Crippen LogP contribution in [0.4, 0.5) is 0 Å². The molecule has 0 saturated carbocycles. The highest BCUT2D eigenvalue weighted by Gasteiger charge is 2.36. The summed E-state index contributed by atoms with van der Waals surface area (Å²) in [6.45, 7) is 8.19. The first-order chi connectivity index (χ1) is 12.6. The Kier molecular flexibility index (Phi) is 7.10. The van der Waals surface area contributed by atoms with Gasteiger partial charge in [-0.1, -0.05) is 44.2 Å². The van der Waals surface area contributed by atoms with Gasteiger partial charge in [0.05, 0.1) is 0 Å². The summed E-state index contributed by atoms with van der Waals surface area (Å²) in [5, 5.41) is 10.2. The lowest BCUT2D eigenvalue weighted by atomic mass is 9.76. The number of aliphatic hydroxyl groups excluding tert-OH is 1. The van der Waals surface area contributed by atoms with Crippen molar-refractivity contribution in [1.82, 2.24) is 15.8 Å². The molecule has 4 heteroatoms. The van der Waals surface area contributed by atoms with E-state index in [0.717, 1.165) is 38.3 Å². The van der Waals surface area contributed by atoms with E-state index in [0.29, 0.717) is 18.7 Å². The molecular weight excluding hydrogens is 322 g/mol. The number of likely N-dealkylation sites (tertiary alicyclic amines) is 1. The maximum absolute atomic E-state index is 10.2. The van der Waals surface area contributed by atoms with Crippen LogP contribution in [-0.4, -0.2) is 48.3 Å². The molecule has 3 unspecified atom stereocenters. The maximum Gasteiger partial charge on any atom is 0.0499 e. The van der Waals surface area contributed by atoms with E-state index >= 15 is 0 Å². The minimum absolute atomic E-state index is 0.0669. The van der Waals surface area contributed by atoms with Gasteiger partial charge in [-0.25, -0.2) is 0 Å². The zero-order chi connectivity index (χ0) is 18.4. The molecule has 4 nitrogen and oxygen atoms in total. The Bertz CT molecular complexity index is 535. The minimum Gasteiger partial charge on any atom is -0.396 e. The van der Waals surface area contributed by atoms with Gasteiger partial charge in [-0.15, -0.1) is 0 Å². The monoisotopic (exact) mass is 359 g/mol. The van der Waals surface area contributed by atoms with Crippen molar-refractivity contribution in [3.05, 3.63) is 35.9 Å². The van der Waals surface area contributed by atoms with E-state index in [2.05, 4.69) is 59.9 Å². The highest BCUT2D eigenvalue weighted by atomic mass is 16.3. The molecule has 0 radical (unpaired) electrons. The molecular formula is C22H37N3O. The number of benzene rings is 1. The third-order valence-corrected chi connectivity index (χ3v) is 6.16. The molecule has 1 aromatic carbocycles. The molecule has 26 heavy (non-hydrogen) atoms. The molecule has 3 rings (SSSR count). The number of piperidine rings is 1. The number of aryl methyl sites for hydroxylation is 1. The van der Waals surface area contributed by atoms with Crippen LogP contribution in [0.15, 0.2) is 30.3 Å². The number of hydrogen-bond donors (Lipinski definition) is 3. The van der Waals surface area contributed by atoms with Gasteiger partial charge in [-0.2, -0.15) is 0 Å². The lowest BCUT2D eigenvalue weighted by Gasteiger charge is -2.43. The Morgan fingerprint density at radius 3 is 2.69 bits per heavy atom. The van der Waals surface area contributed by atoms with Crippen molar-refractivity contribution in [3.8, 4) is 0 Å². The zero-order valence-electron chi connectivity index (χ0n) is 16.6. The quantitative estimate of drug-likeness (QED) is 0.668. The number of aliphatic hydroxyl groups is 1. The largest absolute Gasteiger partial charge is 0.396 e. The van der Waals surface area contributed by atoms with E-state index in [1.165, 1.54) is 31.4 Å². The molecule has 0 amide bonds. The smallest absolute Gasteiger partial charge is 0.0499 e. The zero-order valence-corrected chi connectivity index (χ0v) is 16.6. The van der Waals surface area contributed by atoms with Gasteiger partial charge in [-0.05, 0) is 56.6 Å². The summed E-state index contributed by atoms with van der Waals surface area (Å²) >= 11 is 0. The van der Waals surface area contributed by atoms with Crippen molar-refractivity contribution < 1.29 is 5.11 Å². The number of hydrazine groups is 1. The highest BCUT2D eigenvalue weighted by Crippen LogP contribution is 2.34. The number of rotatable bonds is 8. The Morgan fingerprint density at radius 2 is 1.96 bits per heavy atom. The molecule has 2 aliphatic heterocycles. The summed E-state index contributed by atoms with van der Waals surface area (Å²) in [6.07, 6.45) is 6.95. The van der Waals surface area contributed by atoms with Crippen LogP contribution in [0.25, 0.3) is 0 Å². The van der Waals surface area contributed by atoms with Crippen molar-refractivity contribution in [2.75, 3.05) is 26.2 Å². The van der Waals surface area contributed by atoms with E-state index in [1.807, 2.05) is 0 Å². The van der Waals surface area contributed by atoms with E-state index in [1.54, 1.807) is 0 Å². The van der Waals surface area contributed by atoms with Crippen molar-refractivity contribution in [2.24, 2.45) is 11.3 Å². The van der Waals surface area contributed by atoms with Gasteiger partial charge in [0.15, 0.2) is 0 Å². The second-order valence-corrected chi connectivity index (χ2v) is 9.03. The minimum atomic E-state index is 0.0669. The second kappa shape index (κ2) is 9.32. The molecule has 0 spiro atoms. The SMILES string of the molecule is CC(C)CC1CC(CN2CCCC(CO)(CCc3ccccc3)C2)NN1. The molecule has 0 aromatic heterocycles. The van der Waals surface area contributed by atoms with E-state index in [-0.39, 0.29) is 5.41 Å². The van der Waals surface area contributed by atoms with Crippen LogP contribution in [0.2, 0.25) is 0 Å². The lowest BCUT2D eigenvalue weighted by Crippen LogP contribution is -2.49. The average molecular weight is 360 g/mol. The predicted octanol–water partition coefficient (Wildman–Crippen LogP) is 2.97. The van der Waals surface area contributed by atoms with Gasteiger partial charge in [-0.3, -0.25) is 10.9 Å². The fourth-order valence-electron chi connectivity index (χ4n) is 4.79. The van der Waals surface area contributed by atoms with Crippen LogP contribution in [-0.2, 0) is 6.42 Å². The molecule has 146 valence electrons. The standard InChI is InChI=1S/C22H37N3O/c1-18(2)13-20-14-21(24-23-20)15-25-12-6-10-22(16-25,17-26)11-9-19-7-4-3-5-8-19/h3-5,7-8,18,20-21,23-24,26H,6,9-17H2,1-2H3. The predicted molar refractivity (Wildman–Crippen MR) is 108 cm³/mol. The van der Waals surface area contributed by atoms with Crippen molar-refractivity contribution >= 4 is 0 Å². The summed E-state index contributed by atoms with van der Waals surface area (Å²) in [5.74, 6) is 0.739. The molecule has 2 aliphatic rings. The fraction of sp³-hybridized carbons (Fsp3) is 0.727. The summed E-state index contributed by atoms with van der Waals surface area (Å²) < 4.78 is 0. The first-order valence-corrected chi connectivity index (χ1v) is 10.5. The Balaban J connectivity index is 1.50. The Morgan fingerprint density at radius 1 is 1.19 bits per heavy atom. The van der Waals surface area contributed by atoms with E-state index < -0.39 is 0 Å². The normalized spacial score (nSPS) is 30.2. The van der Waals surface area contributed by atoms with Crippen molar-refractivity contribution in [1.29, 1.82) is 0 Å². The maximum atomic E-state index is 10.2. The Hall–Kier alpha value is -0.940. The van der Waals surface area contributed by atoms with Gasteiger partial charge in [0, 0.05) is 37.2 Å². The van der Waals surface area contributed by atoms with E-state index in [9.17, 15) is 5.11 Å². The molecule has 2 heterocycles. The Labute approximate surface area is 159 Å². The fourth-order valence-corrected chi connectivity index (χ4v) is 4.79. The van der Waals surface area contributed by atoms with E-state index in [4.69, 9.17) is 0 Å². The molecule has 0 bridgehead atoms. The number of nitrogens with one attached hydrogen (secondary N) is 2. The van der Waals surface area contributed by atoms with Crippen LogP contribution in [0.1, 0.15) is 51.5 Å². The first kappa shape index (κ1) is 19.8. The van der Waals surface area contributed by atoms with Gasteiger partial charge >= 0.3 is 0 Å². The second-order valence-electron chi connectivity index (χ2n) is 9.03. The van der Waals surface area contributed by atoms with Crippen LogP contribution >= 0.6 is 0 Å². The van der Waals surface area contributed by atoms with Crippen LogP contribution in [0, 0.1) is 11.3 Å². The van der Waals surface area contributed by atoms with Gasteiger partial charge in [0.2, 0.25) is 0 Å². The number of nitrogens with zero attached hydrogens (tertiary/aromatic N) is 1. The summed E-state index contributed by atoms with van der Waals surface area (Å²) in [6, 6.07) is 11.8. The molecule has 3 atom stereocenters. The van der Waals surface area contributed by atoms with Crippen molar-refractivity contribution in [2.45, 2.75) is 64.5 Å². The molecule has 2 saturated heterocycles. The van der Waals surface area contributed by atoms with Gasteiger partial charge in [0.25, 0.3) is 0 Å². The van der Waals surface area contributed by atoms with Crippen LogP contribution < -0.4 is 10.9 Å². The number of hydrogen-bond acceptors (Lipinski definition) is 4. The molecule has 3 N–H and O–H groups in total. The topological polar surface area (TPSA) is 47.5 Å². The van der Waals surface area contributed by atoms with Crippen molar-refractivity contribution in [3.63, 3.8) is 0 Å². The van der Waals surface area contributed by atoms with Crippen LogP contribution in [0.3, 0.4) is 0 Å². The highest BCUT2D eigenvalue weighted by molar-refractivity contribution is 5.15. The molecule has 0 aliphatic carbocycles. The summed E-state index contributed by atoms with van der Waals surface area (Å²) in [7, 11) is 0. The third kappa shape index (κ3) is 5.53. The average Bonchev–Trinajstić information content (AvgIpc) is 3.07. The van der Waals surface area contributed by atoms with Crippen LogP contribution in [0.5, 0.6) is 0 Å². The first-order valence-electron chi connectivity index (χ1n) is 10.5. The third-order valence-electron chi connectivity index (χ3n) is 6.16.